The number of carbonyl (C=O) groups is 1. The van der Waals surface area contributed by atoms with Crippen LogP contribution in [0.5, 0.6) is 0 Å². The Morgan fingerprint density at radius 3 is 2.73 bits per heavy atom. The maximum atomic E-state index is 11.3. The topological polar surface area (TPSA) is 41.1 Å². The third-order valence-electron chi connectivity index (χ3n) is 2.00. The summed E-state index contributed by atoms with van der Waals surface area (Å²) in [5, 5.41) is 6.12. The van der Waals surface area contributed by atoms with Crippen molar-refractivity contribution in [2.75, 3.05) is 19.6 Å². The maximum Gasteiger partial charge on any atom is 0.221 e. The Morgan fingerprint density at radius 2 is 2.13 bits per heavy atom. The molecule has 0 spiro atoms. The minimum atomic E-state index is 0.139. The first-order valence-corrected chi connectivity index (χ1v) is 5.75. The van der Waals surface area contributed by atoms with Gasteiger partial charge in [-0.1, -0.05) is 19.9 Å². The minimum Gasteiger partial charge on any atom is -0.356 e. The van der Waals surface area contributed by atoms with Crippen LogP contribution in [-0.4, -0.2) is 25.5 Å². The van der Waals surface area contributed by atoms with Gasteiger partial charge < -0.3 is 10.6 Å². The lowest BCUT2D eigenvalue weighted by Crippen LogP contribution is -2.30. The summed E-state index contributed by atoms with van der Waals surface area (Å²) in [7, 11) is 0. The molecule has 0 saturated heterocycles. The number of hydrogen-bond donors (Lipinski definition) is 2. The van der Waals surface area contributed by atoms with Crippen molar-refractivity contribution >= 4 is 5.91 Å². The molecule has 0 aliphatic rings. The van der Waals surface area contributed by atoms with E-state index in [1.54, 1.807) is 0 Å². The highest BCUT2D eigenvalue weighted by Gasteiger charge is 2.00. The van der Waals surface area contributed by atoms with Crippen molar-refractivity contribution in [2.45, 2.75) is 33.1 Å². The SMILES string of the molecule is C=CCCCNCCC(=O)NCC(C)C. The second-order valence-corrected chi connectivity index (χ2v) is 4.13. The van der Waals surface area contributed by atoms with Crippen LogP contribution in [0.1, 0.15) is 33.1 Å². The van der Waals surface area contributed by atoms with E-state index in [0.29, 0.717) is 12.3 Å². The molecule has 0 fully saturated rings. The van der Waals surface area contributed by atoms with Crippen LogP contribution in [0.2, 0.25) is 0 Å². The van der Waals surface area contributed by atoms with Crippen LogP contribution in [0.25, 0.3) is 0 Å². The fourth-order valence-corrected chi connectivity index (χ4v) is 1.10. The maximum absolute atomic E-state index is 11.3. The number of allylic oxidation sites excluding steroid dienone is 1. The van der Waals surface area contributed by atoms with Gasteiger partial charge in [0.1, 0.15) is 0 Å². The van der Waals surface area contributed by atoms with Gasteiger partial charge >= 0.3 is 0 Å². The molecule has 2 N–H and O–H groups in total. The Morgan fingerprint density at radius 1 is 1.40 bits per heavy atom. The predicted molar refractivity (Wildman–Crippen MR) is 64.8 cm³/mol. The van der Waals surface area contributed by atoms with Gasteiger partial charge in [0, 0.05) is 19.5 Å². The smallest absolute Gasteiger partial charge is 0.221 e. The fraction of sp³-hybridized carbons (Fsp3) is 0.750. The van der Waals surface area contributed by atoms with E-state index in [9.17, 15) is 4.79 Å². The summed E-state index contributed by atoms with van der Waals surface area (Å²) in [6, 6.07) is 0. The van der Waals surface area contributed by atoms with E-state index in [0.717, 1.165) is 32.5 Å². The first kappa shape index (κ1) is 14.2. The van der Waals surface area contributed by atoms with E-state index in [2.05, 4.69) is 31.1 Å². The molecule has 0 unspecified atom stereocenters. The summed E-state index contributed by atoms with van der Waals surface area (Å²) in [4.78, 5) is 11.3. The summed E-state index contributed by atoms with van der Waals surface area (Å²) in [5.74, 6) is 0.662. The molecule has 3 heteroatoms. The zero-order valence-electron chi connectivity index (χ0n) is 10.0. The molecule has 0 rings (SSSR count). The van der Waals surface area contributed by atoms with Crippen LogP contribution in [-0.2, 0) is 4.79 Å². The Hall–Kier alpha value is -0.830. The predicted octanol–water partition coefficient (Wildman–Crippen LogP) is 1.70. The third kappa shape index (κ3) is 11.1. The summed E-state index contributed by atoms with van der Waals surface area (Å²) < 4.78 is 0. The lowest BCUT2D eigenvalue weighted by atomic mass is 10.2. The van der Waals surface area contributed by atoms with Gasteiger partial charge in [-0.2, -0.15) is 0 Å². The lowest BCUT2D eigenvalue weighted by Gasteiger charge is -2.07. The Kier molecular flexibility index (Phi) is 9.18. The van der Waals surface area contributed by atoms with E-state index in [1.807, 2.05) is 6.08 Å². The summed E-state index contributed by atoms with van der Waals surface area (Å²) in [5.41, 5.74) is 0. The molecule has 0 heterocycles. The molecular weight excluding hydrogens is 188 g/mol. The molecule has 0 atom stereocenters. The first-order chi connectivity index (χ1) is 7.16. The van der Waals surface area contributed by atoms with E-state index >= 15 is 0 Å². The summed E-state index contributed by atoms with van der Waals surface area (Å²) in [6.07, 6.45) is 4.61. The molecule has 15 heavy (non-hydrogen) atoms. The van der Waals surface area contributed by atoms with Crippen molar-refractivity contribution in [1.29, 1.82) is 0 Å². The normalized spacial score (nSPS) is 10.3. The van der Waals surface area contributed by atoms with E-state index < -0.39 is 0 Å². The number of hydrogen-bond acceptors (Lipinski definition) is 2. The second-order valence-electron chi connectivity index (χ2n) is 4.13. The monoisotopic (exact) mass is 212 g/mol. The molecule has 0 aliphatic carbocycles. The van der Waals surface area contributed by atoms with Crippen LogP contribution < -0.4 is 10.6 Å². The Balaban J connectivity index is 3.20. The molecule has 1 amide bonds. The molecule has 0 aromatic heterocycles. The third-order valence-corrected chi connectivity index (χ3v) is 2.00. The minimum absolute atomic E-state index is 0.139. The van der Waals surface area contributed by atoms with E-state index in [4.69, 9.17) is 0 Å². The Labute approximate surface area is 93.3 Å². The zero-order chi connectivity index (χ0) is 11.5. The van der Waals surface area contributed by atoms with Gasteiger partial charge in [0.2, 0.25) is 5.91 Å². The van der Waals surface area contributed by atoms with Crippen molar-refractivity contribution in [3.8, 4) is 0 Å². The first-order valence-electron chi connectivity index (χ1n) is 5.75. The number of carbonyl (C=O) groups excluding carboxylic acids is 1. The average molecular weight is 212 g/mol. The molecule has 0 aromatic carbocycles. The fourth-order valence-electron chi connectivity index (χ4n) is 1.10. The summed E-state index contributed by atoms with van der Waals surface area (Å²) in [6.45, 7) is 10.3. The quantitative estimate of drug-likeness (QED) is 0.451. The summed E-state index contributed by atoms with van der Waals surface area (Å²) >= 11 is 0. The number of unbranched alkanes of at least 4 members (excludes halogenated alkanes) is 1. The highest BCUT2D eigenvalue weighted by molar-refractivity contribution is 5.76. The number of nitrogens with one attached hydrogen (secondary N) is 2. The van der Waals surface area contributed by atoms with Crippen LogP contribution in [0.3, 0.4) is 0 Å². The standard InChI is InChI=1S/C12H24N2O/c1-4-5-6-8-13-9-7-12(15)14-10-11(2)3/h4,11,13H,1,5-10H2,2-3H3,(H,14,15). The largest absolute Gasteiger partial charge is 0.356 e. The van der Waals surface area contributed by atoms with Crippen LogP contribution in [0.15, 0.2) is 12.7 Å². The highest BCUT2D eigenvalue weighted by Crippen LogP contribution is 1.89. The van der Waals surface area contributed by atoms with Crippen LogP contribution in [0, 0.1) is 5.92 Å². The van der Waals surface area contributed by atoms with Gasteiger partial charge in [-0.25, -0.2) is 0 Å². The molecule has 0 radical (unpaired) electrons. The Bertz CT molecular complexity index is 178. The molecular formula is C12H24N2O. The molecule has 88 valence electrons. The van der Waals surface area contributed by atoms with Crippen LogP contribution in [0.4, 0.5) is 0 Å². The molecule has 0 bridgehead atoms. The van der Waals surface area contributed by atoms with Crippen molar-refractivity contribution in [2.24, 2.45) is 5.92 Å². The zero-order valence-corrected chi connectivity index (χ0v) is 10.0. The second kappa shape index (κ2) is 9.71. The van der Waals surface area contributed by atoms with Gasteiger partial charge in [-0.15, -0.1) is 6.58 Å². The van der Waals surface area contributed by atoms with Crippen molar-refractivity contribution in [3.05, 3.63) is 12.7 Å². The lowest BCUT2D eigenvalue weighted by molar-refractivity contribution is -0.121. The van der Waals surface area contributed by atoms with Crippen molar-refractivity contribution < 1.29 is 4.79 Å². The van der Waals surface area contributed by atoms with Gasteiger partial charge in [-0.3, -0.25) is 4.79 Å². The molecule has 0 aliphatic heterocycles. The molecule has 0 saturated carbocycles. The van der Waals surface area contributed by atoms with Crippen LogP contribution >= 0.6 is 0 Å². The number of rotatable bonds is 9. The van der Waals surface area contributed by atoms with Gasteiger partial charge in [0.15, 0.2) is 0 Å². The molecule has 0 aromatic rings. The average Bonchev–Trinajstić information content (AvgIpc) is 2.20. The van der Waals surface area contributed by atoms with Gasteiger partial charge in [-0.05, 0) is 25.3 Å². The van der Waals surface area contributed by atoms with Gasteiger partial charge in [0.25, 0.3) is 0 Å². The number of amides is 1. The van der Waals surface area contributed by atoms with E-state index in [1.165, 1.54) is 0 Å². The molecule has 3 nitrogen and oxygen atoms in total. The van der Waals surface area contributed by atoms with Crippen molar-refractivity contribution in [3.63, 3.8) is 0 Å². The van der Waals surface area contributed by atoms with Crippen molar-refractivity contribution in [1.82, 2.24) is 10.6 Å². The van der Waals surface area contributed by atoms with Gasteiger partial charge in [0.05, 0.1) is 0 Å². The van der Waals surface area contributed by atoms with E-state index in [-0.39, 0.29) is 5.91 Å². The highest BCUT2D eigenvalue weighted by atomic mass is 16.1.